The fourth-order valence-electron chi connectivity index (χ4n) is 2.44. The molecule has 1 aliphatic carbocycles. The number of rotatable bonds is 5. The predicted molar refractivity (Wildman–Crippen MR) is 82.7 cm³/mol. The predicted octanol–water partition coefficient (Wildman–Crippen LogP) is 3.76. The second-order valence-corrected chi connectivity index (χ2v) is 6.09. The highest BCUT2D eigenvalue weighted by atomic mass is 15.0. The SMILES string of the molecule is Cc1[nH]c(CNC2CC2)nc1-c1ccc(C(C)C)cc1. The molecule has 3 rings (SSSR count). The van der Waals surface area contributed by atoms with Gasteiger partial charge >= 0.3 is 0 Å². The van der Waals surface area contributed by atoms with Gasteiger partial charge in [-0.25, -0.2) is 4.98 Å². The van der Waals surface area contributed by atoms with Gasteiger partial charge in [-0.15, -0.1) is 0 Å². The number of benzene rings is 1. The molecule has 0 aliphatic heterocycles. The van der Waals surface area contributed by atoms with Crippen molar-refractivity contribution < 1.29 is 0 Å². The van der Waals surface area contributed by atoms with E-state index in [1.807, 2.05) is 0 Å². The Labute approximate surface area is 120 Å². The molecule has 0 spiro atoms. The molecule has 2 aromatic rings. The zero-order valence-electron chi connectivity index (χ0n) is 12.5. The summed E-state index contributed by atoms with van der Waals surface area (Å²) < 4.78 is 0. The maximum Gasteiger partial charge on any atom is 0.121 e. The molecular weight excluding hydrogens is 246 g/mol. The van der Waals surface area contributed by atoms with Gasteiger partial charge in [-0.05, 0) is 31.2 Å². The molecule has 0 saturated heterocycles. The Morgan fingerprint density at radius 3 is 2.55 bits per heavy atom. The topological polar surface area (TPSA) is 40.7 Å². The summed E-state index contributed by atoms with van der Waals surface area (Å²) in [5.41, 5.74) is 4.79. The molecule has 1 aromatic heterocycles. The highest BCUT2D eigenvalue weighted by Crippen LogP contribution is 2.24. The molecule has 1 heterocycles. The molecule has 1 fully saturated rings. The summed E-state index contributed by atoms with van der Waals surface area (Å²) in [6, 6.07) is 9.48. The zero-order chi connectivity index (χ0) is 14.1. The number of hydrogen-bond acceptors (Lipinski definition) is 2. The summed E-state index contributed by atoms with van der Waals surface area (Å²) in [7, 11) is 0. The van der Waals surface area contributed by atoms with E-state index in [-0.39, 0.29) is 0 Å². The van der Waals surface area contributed by atoms with Gasteiger partial charge in [0.05, 0.1) is 12.2 Å². The Hall–Kier alpha value is -1.61. The van der Waals surface area contributed by atoms with Crippen LogP contribution in [0.2, 0.25) is 0 Å². The number of aromatic amines is 1. The maximum absolute atomic E-state index is 4.74. The Morgan fingerprint density at radius 1 is 1.25 bits per heavy atom. The van der Waals surface area contributed by atoms with Crippen LogP contribution in [0.25, 0.3) is 11.3 Å². The van der Waals surface area contributed by atoms with E-state index < -0.39 is 0 Å². The number of H-pyrrole nitrogens is 1. The first-order valence-corrected chi connectivity index (χ1v) is 7.52. The fourth-order valence-corrected chi connectivity index (χ4v) is 2.44. The van der Waals surface area contributed by atoms with Crippen LogP contribution >= 0.6 is 0 Å². The minimum Gasteiger partial charge on any atom is -0.344 e. The van der Waals surface area contributed by atoms with Gasteiger partial charge in [-0.1, -0.05) is 38.1 Å². The van der Waals surface area contributed by atoms with Gasteiger partial charge in [-0.3, -0.25) is 0 Å². The van der Waals surface area contributed by atoms with Crippen molar-refractivity contribution in [3.05, 3.63) is 41.3 Å². The number of aryl methyl sites for hydroxylation is 1. The van der Waals surface area contributed by atoms with E-state index in [2.05, 4.69) is 55.3 Å². The van der Waals surface area contributed by atoms with Crippen molar-refractivity contribution in [3.63, 3.8) is 0 Å². The monoisotopic (exact) mass is 269 g/mol. The standard InChI is InChI=1S/C17H23N3/c1-11(2)13-4-6-14(7-5-13)17-12(3)19-16(20-17)10-18-15-8-9-15/h4-7,11,15,18H,8-10H2,1-3H3,(H,19,20). The van der Waals surface area contributed by atoms with Gasteiger partial charge in [0.1, 0.15) is 5.82 Å². The van der Waals surface area contributed by atoms with Gasteiger partial charge in [0.15, 0.2) is 0 Å². The fraction of sp³-hybridized carbons (Fsp3) is 0.471. The first-order chi connectivity index (χ1) is 9.63. The summed E-state index contributed by atoms with van der Waals surface area (Å²) in [5, 5.41) is 3.50. The van der Waals surface area contributed by atoms with Crippen molar-refractivity contribution in [1.29, 1.82) is 0 Å². The Bertz CT molecular complexity index is 577. The van der Waals surface area contributed by atoms with Gasteiger partial charge in [0, 0.05) is 17.3 Å². The molecule has 1 saturated carbocycles. The third-order valence-corrected chi connectivity index (χ3v) is 3.92. The van der Waals surface area contributed by atoms with Crippen LogP contribution in [0.15, 0.2) is 24.3 Å². The van der Waals surface area contributed by atoms with Crippen molar-refractivity contribution in [3.8, 4) is 11.3 Å². The van der Waals surface area contributed by atoms with E-state index in [0.717, 1.165) is 23.8 Å². The first-order valence-electron chi connectivity index (χ1n) is 7.52. The third-order valence-electron chi connectivity index (χ3n) is 3.92. The summed E-state index contributed by atoms with van der Waals surface area (Å²) >= 11 is 0. The molecule has 0 radical (unpaired) electrons. The van der Waals surface area contributed by atoms with E-state index >= 15 is 0 Å². The molecule has 1 aliphatic rings. The number of imidazole rings is 1. The lowest BCUT2D eigenvalue weighted by atomic mass is 10.0. The van der Waals surface area contributed by atoms with Gasteiger partial charge < -0.3 is 10.3 Å². The van der Waals surface area contributed by atoms with Crippen LogP contribution in [0.5, 0.6) is 0 Å². The maximum atomic E-state index is 4.74. The molecule has 3 nitrogen and oxygen atoms in total. The van der Waals surface area contributed by atoms with E-state index in [4.69, 9.17) is 4.98 Å². The van der Waals surface area contributed by atoms with Crippen molar-refractivity contribution in [2.75, 3.05) is 0 Å². The minimum atomic E-state index is 0.572. The van der Waals surface area contributed by atoms with Crippen molar-refractivity contribution >= 4 is 0 Å². The van der Waals surface area contributed by atoms with Gasteiger partial charge in [0.2, 0.25) is 0 Å². The van der Waals surface area contributed by atoms with E-state index in [1.165, 1.54) is 24.0 Å². The van der Waals surface area contributed by atoms with Crippen molar-refractivity contribution in [2.45, 2.75) is 52.1 Å². The van der Waals surface area contributed by atoms with Crippen LogP contribution in [0.3, 0.4) is 0 Å². The second-order valence-electron chi connectivity index (χ2n) is 6.09. The molecule has 0 bridgehead atoms. The molecule has 2 N–H and O–H groups in total. The average Bonchev–Trinajstić information content (AvgIpc) is 3.19. The van der Waals surface area contributed by atoms with Crippen LogP contribution in [0, 0.1) is 6.92 Å². The molecule has 106 valence electrons. The molecule has 1 aromatic carbocycles. The van der Waals surface area contributed by atoms with Crippen LogP contribution in [-0.2, 0) is 6.54 Å². The van der Waals surface area contributed by atoms with E-state index in [0.29, 0.717) is 12.0 Å². The molecule has 0 amide bonds. The Kier molecular flexibility index (Phi) is 3.62. The molecule has 0 atom stereocenters. The molecule has 0 unspecified atom stereocenters. The highest BCUT2D eigenvalue weighted by Gasteiger charge is 2.20. The lowest BCUT2D eigenvalue weighted by molar-refractivity contribution is 0.663. The van der Waals surface area contributed by atoms with E-state index in [1.54, 1.807) is 0 Å². The molecule has 20 heavy (non-hydrogen) atoms. The first kappa shape index (κ1) is 13.4. The van der Waals surface area contributed by atoms with Crippen molar-refractivity contribution in [2.24, 2.45) is 0 Å². The summed E-state index contributed by atoms with van der Waals surface area (Å²) in [6.07, 6.45) is 2.62. The molecule has 3 heteroatoms. The molecular formula is C17H23N3. The second kappa shape index (κ2) is 5.41. The lowest BCUT2D eigenvalue weighted by Gasteiger charge is -2.06. The Morgan fingerprint density at radius 2 is 1.95 bits per heavy atom. The van der Waals surface area contributed by atoms with Gasteiger partial charge in [-0.2, -0.15) is 0 Å². The zero-order valence-corrected chi connectivity index (χ0v) is 12.5. The van der Waals surface area contributed by atoms with E-state index in [9.17, 15) is 0 Å². The van der Waals surface area contributed by atoms with Crippen LogP contribution in [0.4, 0.5) is 0 Å². The minimum absolute atomic E-state index is 0.572. The van der Waals surface area contributed by atoms with Crippen LogP contribution < -0.4 is 5.32 Å². The summed E-state index contributed by atoms with van der Waals surface area (Å²) in [6.45, 7) is 7.38. The van der Waals surface area contributed by atoms with Gasteiger partial charge in [0.25, 0.3) is 0 Å². The highest BCUT2D eigenvalue weighted by molar-refractivity contribution is 5.62. The third kappa shape index (κ3) is 2.93. The number of nitrogens with one attached hydrogen (secondary N) is 2. The van der Waals surface area contributed by atoms with Crippen LogP contribution in [-0.4, -0.2) is 16.0 Å². The number of nitrogens with zero attached hydrogens (tertiary/aromatic N) is 1. The average molecular weight is 269 g/mol. The quantitative estimate of drug-likeness (QED) is 0.867. The van der Waals surface area contributed by atoms with Crippen LogP contribution in [0.1, 0.15) is 49.7 Å². The Balaban J connectivity index is 1.77. The lowest BCUT2D eigenvalue weighted by Crippen LogP contribution is -2.16. The van der Waals surface area contributed by atoms with Crippen molar-refractivity contribution in [1.82, 2.24) is 15.3 Å². The summed E-state index contributed by atoms with van der Waals surface area (Å²) in [4.78, 5) is 8.13. The normalized spacial score (nSPS) is 15.0. The summed E-state index contributed by atoms with van der Waals surface area (Å²) in [5.74, 6) is 1.61. The number of hydrogen-bond donors (Lipinski definition) is 2. The largest absolute Gasteiger partial charge is 0.344 e. The number of aromatic nitrogens is 2. The smallest absolute Gasteiger partial charge is 0.121 e.